The number of aromatic nitrogens is 2. The van der Waals surface area contributed by atoms with Crippen molar-refractivity contribution in [3.63, 3.8) is 0 Å². The van der Waals surface area contributed by atoms with E-state index in [9.17, 15) is 9.59 Å². The van der Waals surface area contributed by atoms with Crippen molar-refractivity contribution in [2.75, 3.05) is 13.1 Å². The fraction of sp³-hybridized carbons (Fsp3) is 0.462. The van der Waals surface area contributed by atoms with Crippen LogP contribution in [0.5, 0.6) is 0 Å². The third-order valence-corrected chi connectivity index (χ3v) is 4.76. The minimum absolute atomic E-state index is 0.0270. The molecule has 1 amide bonds. The highest BCUT2D eigenvalue weighted by Crippen LogP contribution is 2.14. The monoisotopic (exact) mass is 309 g/mol. The molecule has 1 N–H and O–H groups in total. The van der Waals surface area contributed by atoms with Gasteiger partial charge >= 0.3 is 0 Å². The van der Waals surface area contributed by atoms with Crippen molar-refractivity contribution >= 4 is 39.7 Å². The van der Waals surface area contributed by atoms with Gasteiger partial charge in [0.2, 0.25) is 5.91 Å². The first-order valence-electron chi connectivity index (χ1n) is 6.65. The number of aromatic amines is 1. The molecule has 0 aromatic carbocycles. The Balaban J connectivity index is 1.92. The van der Waals surface area contributed by atoms with Gasteiger partial charge in [-0.2, -0.15) is 0 Å². The van der Waals surface area contributed by atoms with E-state index in [-0.39, 0.29) is 18.0 Å². The number of H-pyrrole nitrogens is 1. The molecule has 1 aliphatic heterocycles. The third-order valence-electron chi connectivity index (χ3n) is 3.61. The average molecular weight is 309 g/mol. The highest BCUT2D eigenvalue weighted by atomic mass is 32.1. The molecule has 1 aliphatic rings. The molecule has 3 rings (SSSR count). The summed E-state index contributed by atoms with van der Waals surface area (Å²) in [7, 11) is 0. The molecule has 7 heteroatoms. The average Bonchev–Trinajstić information content (AvgIpc) is 2.92. The molecule has 0 bridgehead atoms. The molecule has 0 radical (unpaired) electrons. The number of carbonyl (C=O) groups excluding carboxylic acids is 1. The van der Waals surface area contributed by atoms with E-state index in [4.69, 9.17) is 12.2 Å². The Morgan fingerprint density at radius 3 is 2.85 bits per heavy atom. The second-order valence-corrected chi connectivity index (χ2v) is 6.23. The Bertz CT molecular complexity index is 753. The van der Waals surface area contributed by atoms with Gasteiger partial charge in [0.1, 0.15) is 11.4 Å². The number of rotatable bonds is 2. The predicted octanol–water partition coefficient (Wildman–Crippen LogP) is 2.13. The lowest BCUT2D eigenvalue weighted by molar-refractivity contribution is -0.132. The van der Waals surface area contributed by atoms with Crippen molar-refractivity contribution in [3.8, 4) is 0 Å². The first-order chi connectivity index (χ1) is 9.66. The van der Waals surface area contributed by atoms with E-state index in [1.807, 2.05) is 10.3 Å². The summed E-state index contributed by atoms with van der Waals surface area (Å²) in [4.78, 5) is 30.2. The highest BCUT2D eigenvalue weighted by Gasteiger charge is 2.18. The molecule has 0 saturated carbocycles. The van der Waals surface area contributed by atoms with Crippen LogP contribution in [-0.4, -0.2) is 33.4 Å². The summed E-state index contributed by atoms with van der Waals surface area (Å²) in [6.45, 7) is 1.59. The molecule has 0 unspecified atom stereocenters. The molecule has 20 heavy (non-hydrogen) atoms. The van der Waals surface area contributed by atoms with E-state index >= 15 is 0 Å². The Morgan fingerprint density at radius 1 is 1.35 bits per heavy atom. The maximum atomic E-state index is 12.3. The standard InChI is InChI=1S/C13H15N3O2S2/c17-10(15-5-2-1-3-6-15)8-16-12(18)9-4-7-20-11(9)14-13(16)19/h4,7H,1-3,5-6,8H2,(H,14,19). The number of piperidine rings is 1. The van der Waals surface area contributed by atoms with Gasteiger partial charge in [0, 0.05) is 13.1 Å². The van der Waals surface area contributed by atoms with Crippen molar-refractivity contribution in [1.82, 2.24) is 14.5 Å². The molecular formula is C13H15N3O2S2. The smallest absolute Gasteiger partial charge is 0.263 e. The van der Waals surface area contributed by atoms with Crippen molar-refractivity contribution < 1.29 is 4.79 Å². The van der Waals surface area contributed by atoms with Crippen LogP contribution in [0, 0.1) is 4.77 Å². The normalized spacial score (nSPS) is 15.7. The lowest BCUT2D eigenvalue weighted by Crippen LogP contribution is -2.39. The Morgan fingerprint density at radius 2 is 2.10 bits per heavy atom. The molecule has 5 nitrogen and oxygen atoms in total. The van der Waals surface area contributed by atoms with Crippen LogP contribution in [0.1, 0.15) is 19.3 Å². The minimum atomic E-state index is -0.185. The number of fused-ring (bicyclic) bond motifs is 1. The Kier molecular flexibility index (Phi) is 3.71. The minimum Gasteiger partial charge on any atom is -0.341 e. The number of hydrogen-bond acceptors (Lipinski definition) is 4. The summed E-state index contributed by atoms with van der Waals surface area (Å²) in [5, 5.41) is 2.43. The topological polar surface area (TPSA) is 58.1 Å². The number of likely N-dealkylation sites (tertiary alicyclic amines) is 1. The SMILES string of the molecule is O=C(Cn1c(=S)[nH]c2sccc2c1=O)N1CCCCC1. The fourth-order valence-electron chi connectivity index (χ4n) is 2.50. The Labute approximate surface area is 124 Å². The number of amides is 1. The van der Waals surface area contributed by atoms with Crippen molar-refractivity contribution in [1.29, 1.82) is 0 Å². The quantitative estimate of drug-likeness (QED) is 0.865. The molecule has 3 heterocycles. The maximum Gasteiger partial charge on any atom is 0.263 e. The van der Waals surface area contributed by atoms with Gasteiger partial charge in [-0.15, -0.1) is 11.3 Å². The van der Waals surface area contributed by atoms with E-state index < -0.39 is 0 Å². The first kappa shape index (κ1) is 13.5. The van der Waals surface area contributed by atoms with Crippen LogP contribution in [0.2, 0.25) is 0 Å². The lowest BCUT2D eigenvalue weighted by Gasteiger charge is -2.26. The summed E-state index contributed by atoms with van der Waals surface area (Å²) in [6, 6.07) is 1.76. The van der Waals surface area contributed by atoms with Gasteiger partial charge in [-0.1, -0.05) is 0 Å². The summed E-state index contributed by atoms with van der Waals surface area (Å²) < 4.78 is 1.68. The van der Waals surface area contributed by atoms with Crippen LogP contribution in [0.25, 0.3) is 10.2 Å². The molecule has 1 fully saturated rings. The zero-order valence-corrected chi connectivity index (χ0v) is 12.6. The Hall–Kier alpha value is -1.47. The van der Waals surface area contributed by atoms with E-state index in [2.05, 4.69) is 4.98 Å². The summed E-state index contributed by atoms with van der Waals surface area (Å²) >= 11 is 6.64. The first-order valence-corrected chi connectivity index (χ1v) is 7.94. The second-order valence-electron chi connectivity index (χ2n) is 4.93. The van der Waals surface area contributed by atoms with E-state index in [0.29, 0.717) is 10.2 Å². The van der Waals surface area contributed by atoms with Crippen molar-refractivity contribution in [3.05, 3.63) is 26.6 Å². The number of nitrogens with zero attached hydrogens (tertiary/aromatic N) is 2. The van der Waals surface area contributed by atoms with Gasteiger partial charge in [0.15, 0.2) is 4.77 Å². The van der Waals surface area contributed by atoms with Crippen LogP contribution in [0.3, 0.4) is 0 Å². The van der Waals surface area contributed by atoms with Gasteiger partial charge < -0.3 is 9.88 Å². The van der Waals surface area contributed by atoms with Crippen molar-refractivity contribution in [2.45, 2.75) is 25.8 Å². The number of hydrogen-bond donors (Lipinski definition) is 1. The van der Waals surface area contributed by atoms with Gasteiger partial charge in [-0.05, 0) is 42.9 Å². The summed E-state index contributed by atoms with van der Waals surface area (Å²) in [6.07, 6.45) is 3.25. The second kappa shape index (κ2) is 5.49. The summed E-state index contributed by atoms with van der Waals surface area (Å²) in [5.74, 6) is -0.0270. The van der Waals surface area contributed by atoms with Crippen molar-refractivity contribution in [2.24, 2.45) is 0 Å². The molecule has 0 atom stereocenters. The molecule has 2 aromatic rings. The van der Waals surface area contributed by atoms with E-state index in [1.165, 1.54) is 22.3 Å². The zero-order valence-electron chi connectivity index (χ0n) is 10.9. The highest BCUT2D eigenvalue weighted by molar-refractivity contribution is 7.71. The molecule has 2 aromatic heterocycles. The van der Waals surface area contributed by atoms with E-state index in [1.54, 1.807) is 6.07 Å². The largest absolute Gasteiger partial charge is 0.341 e. The molecular weight excluding hydrogens is 294 g/mol. The van der Waals surface area contributed by atoms with Gasteiger partial charge in [0.05, 0.1) is 5.39 Å². The summed E-state index contributed by atoms with van der Waals surface area (Å²) in [5.41, 5.74) is -0.185. The molecule has 0 spiro atoms. The third kappa shape index (κ3) is 2.43. The predicted molar refractivity (Wildman–Crippen MR) is 81.7 cm³/mol. The van der Waals surface area contributed by atoms with Gasteiger partial charge in [0.25, 0.3) is 5.56 Å². The molecule has 1 saturated heterocycles. The van der Waals surface area contributed by atoms with Gasteiger partial charge in [-0.25, -0.2) is 0 Å². The van der Waals surface area contributed by atoms with Crippen LogP contribution in [-0.2, 0) is 11.3 Å². The number of thiophene rings is 1. The maximum absolute atomic E-state index is 12.3. The van der Waals surface area contributed by atoms with E-state index in [0.717, 1.165) is 30.8 Å². The zero-order chi connectivity index (χ0) is 14.1. The van der Waals surface area contributed by atoms with Gasteiger partial charge in [-0.3, -0.25) is 14.2 Å². The van der Waals surface area contributed by atoms with Crippen LogP contribution in [0.15, 0.2) is 16.2 Å². The lowest BCUT2D eigenvalue weighted by atomic mass is 10.1. The molecule has 0 aliphatic carbocycles. The van der Waals surface area contributed by atoms with Crippen LogP contribution >= 0.6 is 23.6 Å². The van der Waals surface area contributed by atoms with Crippen LogP contribution < -0.4 is 5.56 Å². The van der Waals surface area contributed by atoms with Crippen LogP contribution in [0.4, 0.5) is 0 Å². The molecule has 106 valence electrons. The number of carbonyl (C=O) groups is 1. The fourth-order valence-corrected chi connectivity index (χ4v) is 3.59. The number of nitrogens with one attached hydrogen (secondary N) is 1.